The van der Waals surface area contributed by atoms with Crippen molar-refractivity contribution in [3.05, 3.63) is 126 Å². The van der Waals surface area contributed by atoms with Crippen LogP contribution in [0.15, 0.2) is 124 Å². The minimum atomic E-state index is 0.477. The molecule has 0 bridgehead atoms. The van der Waals surface area contributed by atoms with Gasteiger partial charge in [-0.05, 0) is 59.7 Å². The summed E-state index contributed by atoms with van der Waals surface area (Å²) < 4.78 is 14.9. The van der Waals surface area contributed by atoms with E-state index in [1.807, 2.05) is 78.9 Å². The topological polar surface area (TPSA) is 78.8 Å². The first kappa shape index (κ1) is 23.4. The van der Waals surface area contributed by atoms with E-state index in [1.165, 1.54) is 0 Å². The molecule has 0 spiro atoms. The molecule has 43 heavy (non-hydrogen) atoms. The maximum Gasteiger partial charge on any atom is 0.159 e. The smallest absolute Gasteiger partial charge is 0.159 e. The molecule has 5 heteroatoms. The van der Waals surface area contributed by atoms with Crippen molar-refractivity contribution in [2.45, 2.75) is 0 Å². The normalized spacial score (nSPS) is 11.7. The Kier molecular flexibility index (Phi) is 4.68. The second-order valence-electron chi connectivity index (χ2n) is 10.7. The summed E-state index contributed by atoms with van der Waals surface area (Å²) in [4.78, 5) is 0. The highest BCUT2D eigenvalue weighted by Gasteiger charge is 2.21. The van der Waals surface area contributed by atoms with Crippen molar-refractivity contribution in [1.29, 1.82) is 10.5 Å². The van der Waals surface area contributed by atoms with E-state index in [0.29, 0.717) is 22.3 Å². The van der Waals surface area contributed by atoms with Crippen molar-refractivity contribution < 1.29 is 8.83 Å². The summed E-state index contributed by atoms with van der Waals surface area (Å²) in [5.74, 6) is 0. The number of nitrogens with zero attached hydrogens (tertiary/aromatic N) is 3. The van der Waals surface area contributed by atoms with E-state index in [-0.39, 0.29) is 0 Å². The number of fused-ring (bicyclic) bond motifs is 9. The molecule has 6 aromatic carbocycles. The van der Waals surface area contributed by atoms with E-state index in [9.17, 15) is 10.5 Å². The number of aromatic nitrogens is 1. The molecule has 9 aromatic rings. The van der Waals surface area contributed by atoms with Gasteiger partial charge in [-0.25, -0.2) is 0 Å². The van der Waals surface area contributed by atoms with Crippen molar-refractivity contribution in [1.82, 2.24) is 4.57 Å². The van der Waals surface area contributed by atoms with Crippen molar-refractivity contribution >= 4 is 65.7 Å². The Bertz CT molecular complexity index is 2710. The van der Waals surface area contributed by atoms with E-state index in [0.717, 1.165) is 71.3 Å². The molecule has 0 radical (unpaired) electrons. The molecule has 3 aromatic heterocycles. The van der Waals surface area contributed by atoms with Crippen LogP contribution in [-0.4, -0.2) is 4.57 Å². The van der Waals surface area contributed by atoms with Crippen molar-refractivity contribution in [3.63, 3.8) is 0 Å². The first-order valence-electron chi connectivity index (χ1n) is 14.0. The molecule has 5 nitrogen and oxygen atoms in total. The lowest BCUT2D eigenvalue weighted by Crippen LogP contribution is -1.94. The maximum atomic E-state index is 10.1. The molecule has 0 aliphatic rings. The van der Waals surface area contributed by atoms with Gasteiger partial charge in [0.2, 0.25) is 0 Å². The van der Waals surface area contributed by atoms with Gasteiger partial charge in [-0.2, -0.15) is 10.5 Å². The largest absolute Gasteiger partial charge is 0.456 e. The number of nitriles is 2. The van der Waals surface area contributed by atoms with Gasteiger partial charge in [-0.15, -0.1) is 0 Å². The number of rotatable bonds is 2. The summed E-state index contributed by atoms with van der Waals surface area (Å²) in [5.41, 5.74) is 8.75. The van der Waals surface area contributed by atoms with Gasteiger partial charge in [0.15, 0.2) is 11.2 Å². The molecule has 9 rings (SSSR count). The Morgan fingerprint density at radius 1 is 0.535 bits per heavy atom. The van der Waals surface area contributed by atoms with Gasteiger partial charge in [-0.1, -0.05) is 66.7 Å². The van der Waals surface area contributed by atoms with Crippen LogP contribution >= 0.6 is 0 Å². The van der Waals surface area contributed by atoms with Crippen LogP contribution in [0.1, 0.15) is 11.1 Å². The van der Waals surface area contributed by atoms with Crippen LogP contribution in [0.4, 0.5) is 0 Å². The molecule has 0 saturated carbocycles. The first-order chi connectivity index (χ1) is 21.2. The van der Waals surface area contributed by atoms with E-state index < -0.39 is 0 Å². The van der Waals surface area contributed by atoms with Gasteiger partial charge < -0.3 is 13.4 Å². The number of hydrogen-bond acceptors (Lipinski definition) is 4. The lowest BCUT2D eigenvalue weighted by atomic mass is 9.96. The third kappa shape index (κ3) is 3.19. The summed E-state index contributed by atoms with van der Waals surface area (Å²) in [6.07, 6.45) is 0. The van der Waals surface area contributed by atoms with Crippen LogP contribution < -0.4 is 0 Å². The van der Waals surface area contributed by atoms with Gasteiger partial charge in [0.25, 0.3) is 0 Å². The molecule has 0 amide bonds. The second-order valence-corrected chi connectivity index (χ2v) is 10.7. The van der Waals surface area contributed by atoms with Crippen molar-refractivity contribution in [2.24, 2.45) is 0 Å². The van der Waals surface area contributed by atoms with E-state index >= 15 is 0 Å². The van der Waals surface area contributed by atoms with Crippen LogP contribution in [0.2, 0.25) is 0 Å². The predicted octanol–water partition coefficient (Wildman–Crippen LogP) is 9.99. The quantitative estimate of drug-likeness (QED) is 0.215. The van der Waals surface area contributed by atoms with Gasteiger partial charge in [-0.3, -0.25) is 0 Å². The Morgan fingerprint density at radius 2 is 1.33 bits per heavy atom. The first-order valence-corrected chi connectivity index (χ1v) is 14.0. The maximum absolute atomic E-state index is 10.1. The lowest BCUT2D eigenvalue weighted by Gasteiger charge is -2.09. The van der Waals surface area contributed by atoms with Crippen LogP contribution in [0.5, 0.6) is 0 Å². The average Bonchev–Trinajstić information content (AvgIpc) is 3.73. The zero-order chi connectivity index (χ0) is 28.7. The minimum absolute atomic E-state index is 0.477. The summed E-state index contributed by atoms with van der Waals surface area (Å²) in [6, 6.07) is 42.8. The Morgan fingerprint density at radius 3 is 2.21 bits per heavy atom. The second kappa shape index (κ2) is 8.60. The monoisotopic (exact) mass is 549 g/mol. The molecule has 198 valence electrons. The Balaban J connectivity index is 1.38. The molecule has 0 aliphatic carbocycles. The minimum Gasteiger partial charge on any atom is -0.456 e. The summed E-state index contributed by atoms with van der Waals surface area (Å²) in [7, 11) is 0. The van der Waals surface area contributed by atoms with Gasteiger partial charge in [0.05, 0.1) is 33.9 Å². The highest BCUT2D eigenvalue weighted by molar-refractivity contribution is 6.18. The molecule has 3 heterocycles. The standard InChI is InChI=1S/C38H19N3O2/c39-20-22-12-15-27-26-6-1-3-9-31(26)41(33(27)18-22)32-10-5-8-29-36-25(16-13-24(21-40)37(36)43-38(29)32)23-14-17-35-30(19-23)28-7-2-4-11-34(28)42-35/h1-19H. The number of benzene rings is 6. The van der Waals surface area contributed by atoms with Crippen LogP contribution in [-0.2, 0) is 0 Å². The highest BCUT2D eigenvalue weighted by Crippen LogP contribution is 2.43. The SMILES string of the molecule is N#Cc1ccc2c3ccccc3n(-c3cccc4c3oc3c(C#N)ccc(-c5ccc6oc7ccccc7c6c5)c34)c2c1. The molecular weight excluding hydrogens is 530 g/mol. The molecule has 0 aliphatic heterocycles. The number of hydrogen-bond donors (Lipinski definition) is 0. The fraction of sp³-hybridized carbons (Fsp3) is 0. The van der Waals surface area contributed by atoms with Gasteiger partial charge in [0, 0.05) is 32.3 Å². The third-order valence-electron chi connectivity index (χ3n) is 8.48. The van der Waals surface area contributed by atoms with E-state index in [1.54, 1.807) is 0 Å². The zero-order valence-corrected chi connectivity index (χ0v) is 22.6. The van der Waals surface area contributed by atoms with Crippen LogP contribution in [0.25, 0.3) is 82.5 Å². The molecular formula is C38H19N3O2. The van der Waals surface area contributed by atoms with Crippen LogP contribution in [0.3, 0.4) is 0 Å². The lowest BCUT2D eigenvalue weighted by molar-refractivity contribution is 0.665. The summed E-state index contributed by atoms with van der Waals surface area (Å²) in [5, 5.41) is 25.8. The summed E-state index contributed by atoms with van der Waals surface area (Å²) in [6.45, 7) is 0. The fourth-order valence-electron chi connectivity index (χ4n) is 6.59. The highest BCUT2D eigenvalue weighted by atomic mass is 16.3. The Labute approximate surface area is 244 Å². The zero-order valence-electron chi connectivity index (χ0n) is 22.6. The average molecular weight is 550 g/mol. The van der Waals surface area contributed by atoms with E-state index in [2.05, 4.69) is 53.1 Å². The van der Waals surface area contributed by atoms with Gasteiger partial charge in [0.1, 0.15) is 17.2 Å². The van der Waals surface area contributed by atoms with Crippen molar-refractivity contribution in [3.8, 4) is 29.0 Å². The molecule has 0 saturated heterocycles. The van der Waals surface area contributed by atoms with Gasteiger partial charge >= 0.3 is 0 Å². The molecule has 0 atom stereocenters. The fourth-order valence-corrected chi connectivity index (χ4v) is 6.59. The van der Waals surface area contributed by atoms with Crippen LogP contribution in [0, 0.1) is 22.7 Å². The third-order valence-corrected chi connectivity index (χ3v) is 8.48. The molecule has 0 N–H and O–H groups in total. The predicted molar refractivity (Wildman–Crippen MR) is 170 cm³/mol. The summed E-state index contributed by atoms with van der Waals surface area (Å²) >= 11 is 0. The Hall–Kier alpha value is -6.30. The number of para-hydroxylation sites is 3. The molecule has 0 unspecified atom stereocenters. The number of furan rings is 2. The molecule has 0 fully saturated rings. The van der Waals surface area contributed by atoms with Crippen molar-refractivity contribution in [2.75, 3.05) is 0 Å². The van der Waals surface area contributed by atoms with E-state index in [4.69, 9.17) is 8.83 Å².